The summed E-state index contributed by atoms with van der Waals surface area (Å²) in [7, 11) is -1.06. The van der Waals surface area contributed by atoms with Gasteiger partial charge in [0, 0.05) is 17.9 Å². The number of rotatable bonds is 3. The second-order valence-electron chi connectivity index (χ2n) is 3.55. The van der Waals surface area contributed by atoms with E-state index in [2.05, 4.69) is 21.5 Å². The Labute approximate surface area is 107 Å². The van der Waals surface area contributed by atoms with Crippen LogP contribution in [0.4, 0.5) is 5.82 Å². The van der Waals surface area contributed by atoms with Gasteiger partial charge in [0.1, 0.15) is 4.90 Å². The molecule has 0 spiro atoms. The van der Waals surface area contributed by atoms with Crippen molar-refractivity contribution in [2.24, 2.45) is 4.99 Å². The van der Waals surface area contributed by atoms with Crippen molar-refractivity contribution >= 4 is 33.9 Å². The SMILES string of the molecule is C=CC(CC)=Nc1nc(Cl)nc2c1S(=O)CC2. The fourth-order valence-electron chi connectivity index (χ4n) is 1.63. The predicted octanol–water partition coefficient (Wildman–Crippen LogP) is 2.46. The van der Waals surface area contributed by atoms with Crippen molar-refractivity contribution < 1.29 is 4.21 Å². The van der Waals surface area contributed by atoms with Gasteiger partial charge in [-0.25, -0.2) is 9.98 Å². The summed E-state index contributed by atoms with van der Waals surface area (Å²) < 4.78 is 11.8. The van der Waals surface area contributed by atoms with Gasteiger partial charge in [0.2, 0.25) is 5.28 Å². The van der Waals surface area contributed by atoms with Gasteiger partial charge >= 0.3 is 0 Å². The second-order valence-corrected chi connectivity index (χ2v) is 5.40. The van der Waals surface area contributed by atoms with Crippen molar-refractivity contribution in [2.75, 3.05) is 5.75 Å². The van der Waals surface area contributed by atoms with E-state index in [4.69, 9.17) is 11.6 Å². The van der Waals surface area contributed by atoms with E-state index in [1.165, 1.54) is 0 Å². The minimum Gasteiger partial charge on any atom is -0.254 e. The Hall–Kier alpha value is -1.07. The zero-order valence-electron chi connectivity index (χ0n) is 9.44. The summed E-state index contributed by atoms with van der Waals surface area (Å²) in [5.74, 6) is 0.996. The van der Waals surface area contributed by atoms with E-state index in [1.54, 1.807) is 6.08 Å². The molecule has 0 aromatic carbocycles. The molecule has 2 rings (SSSR count). The average molecular weight is 270 g/mol. The number of nitrogens with zero attached hydrogens (tertiary/aromatic N) is 3. The van der Waals surface area contributed by atoms with E-state index in [-0.39, 0.29) is 5.28 Å². The maximum absolute atomic E-state index is 11.8. The minimum absolute atomic E-state index is 0.154. The van der Waals surface area contributed by atoms with Crippen molar-refractivity contribution in [2.45, 2.75) is 24.7 Å². The minimum atomic E-state index is -1.06. The first-order valence-electron chi connectivity index (χ1n) is 5.30. The van der Waals surface area contributed by atoms with Gasteiger partial charge in [-0.3, -0.25) is 4.21 Å². The van der Waals surface area contributed by atoms with E-state index >= 15 is 0 Å². The smallest absolute Gasteiger partial charge is 0.224 e. The Bertz CT molecular complexity index is 528. The van der Waals surface area contributed by atoms with Crippen LogP contribution in [0.1, 0.15) is 19.0 Å². The molecular formula is C11H12ClN3OS. The van der Waals surface area contributed by atoms with Gasteiger partial charge in [0.15, 0.2) is 5.82 Å². The molecule has 0 amide bonds. The Morgan fingerprint density at radius 2 is 2.41 bits per heavy atom. The van der Waals surface area contributed by atoms with Crippen molar-refractivity contribution in [3.63, 3.8) is 0 Å². The largest absolute Gasteiger partial charge is 0.254 e. The van der Waals surface area contributed by atoms with Gasteiger partial charge in [-0.05, 0) is 24.1 Å². The predicted molar refractivity (Wildman–Crippen MR) is 69.6 cm³/mol. The summed E-state index contributed by atoms with van der Waals surface area (Å²) in [6.07, 6.45) is 3.08. The fourth-order valence-corrected chi connectivity index (χ4v) is 3.10. The first kappa shape index (κ1) is 12.4. The van der Waals surface area contributed by atoms with Crippen molar-refractivity contribution in [1.82, 2.24) is 9.97 Å². The van der Waals surface area contributed by atoms with Gasteiger partial charge in [-0.15, -0.1) is 0 Å². The second kappa shape index (κ2) is 5.06. The highest BCUT2D eigenvalue weighted by Gasteiger charge is 2.25. The molecule has 4 nitrogen and oxygen atoms in total. The van der Waals surface area contributed by atoms with Crippen LogP contribution in [0.25, 0.3) is 0 Å². The molecule has 0 radical (unpaired) electrons. The molecule has 1 unspecified atom stereocenters. The molecule has 1 aromatic rings. The van der Waals surface area contributed by atoms with Crippen LogP contribution in [0.2, 0.25) is 5.28 Å². The lowest BCUT2D eigenvalue weighted by atomic mass is 10.3. The lowest BCUT2D eigenvalue weighted by Crippen LogP contribution is -1.97. The Kier molecular flexibility index (Phi) is 3.69. The molecule has 1 aromatic heterocycles. The Balaban J connectivity index is 2.58. The highest BCUT2D eigenvalue weighted by Crippen LogP contribution is 2.30. The van der Waals surface area contributed by atoms with Gasteiger partial charge in [-0.1, -0.05) is 13.5 Å². The van der Waals surface area contributed by atoms with Crippen LogP contribution in [0.3, 0.4) is 0 Å². The number of aliphatic imine (C=N–C) groups is 1. The van der Waals surface area contributed by atoms with Crippen molar-refractivity contribution in [1.29, 1.82) is 0 Å². The molecule has 17 heavy (non-hydrogen) atoms. The van der Waals surface area contributed by atoms with Crippen LogP contribution in [0, 0.1) is 0 Å². The molecule has 0 aliphatic carbocycles. The first-order chi connectivity index (χ1) is 8.15. The number of hydrogen-bond acceptors (Lipinski definition) is 4. The molecule has 0 saturated carbocycles. The van der Waals surface area contributed by atoms with Gasteiger partial charge in [0.05, 0.1) is 16.5 Å². The topological polar surface area (TPSA) is 55.2 Å². The molecule has 0 saturated heterocycles. The third-order valence-electron chi connectivity index (χ3n) is 2.49. The van der Waals surface area contributed by atoms with E-state index < -0.39 is 10.8 Å². The molecule has 0 fully saturated rings. The van der Waals surface area contributed by atoms with Crippen LogP contribution in [-0.4, -0.2) is 25.6 Å². The summed E-state index contributed by atoms with van der Waals surface area (Å²) in [6.45, 7) is 5.65. The van der Waals surface area contributed by atoms with E-state index in [0.717, 1.165) is 17.8 Å². The molecule has 1 aliphatic heterocycles. The number of hydrogen-bond donors (Lipinski definition) is 0. The number of aromatic nitrogens is 2. The summed E-state index contributed by atoms with van der Waals surface area (Å²) in [5, 5.41) is 0.154. The monoisotopic (exact) mass is 269 g/mol. The third-order valence-corrected chi connectivity index (χ3v) is 4.11. The zero-order valence-corrected chi connectivity index (χ0v) is 11.0. The number of allylic oxidation sites excluding steroid dienone is 1. The Morgan fingerprint density at radius 1 is 1.65 bits per heavy atom. The fraction of sp³-hybridized carbons (Fsp3) is 0.364. The van der Waals surface area contributed by atoms with Gasteiger partial charge < -0.3 is 0 Å². The van der Waals surface area contributed by atoms with Crippen molar-refractivity contribution in [3.8, 4) is 0 Å². The summed E-state index contributed by atoms with van der Waals surface area (Å²) in [6, 6.07) is 0. The average Bonchev–Trinajstić information content (AvgIpc) is 2.67. The standard InChI is InChI=1S/C11H12ClN3OS/c1-3-7(4-2)13-10-9-8(5-6-17(9)16)14-11(12)15-10/h3H,1,4-6H2,2H3. The normalized spacial score (nSPS) is 19.2. The van der Waals surface area contributed by atoms with Crippen LogP contribution in [-0.2, 0) is 17.2 Å². The third kappa shape index (κ3) is 2.45. The van der Waals surface area contributed by atoms with E-state index in [9.17, 15) is 4.21 Å². The maximum Gasteiger partial charge on any atom is 0.224 e. The molecule has 0 bridgehead atoms. The molecule has 1 aliphatic rings. The van der Waals surface area contributed by atoms with Crippen LogP contribution < -0.4 is 0 Å². The zero-order chi connectivity index (χ0) is 12.4. The Morgan fingerprint density at radius 3 is 3.06 bits per heavy atom. The van der Waals surface area contributed by atoms with E-state index in [1.807, 2.05) is 6.92 Å². The van der Waals surface area contributed by atoms with Crippen molar-refractivity contribution in [3.05, 3.63) is 23.6 Å². The van der Waals surface area contributed by atoms with Crippen LogP contribution in [0.15, 0.2) is 22.5 Å². The molecule has 6 heteroatoms. The highest BCUT2D eigenvalue weighted by atomic mass is 35.5. The summed E-state index contributed by atoms with van der Waals surface area (Å²) in [5.41, 5.74) is 1.55. The lowest BCUT2D eigenvalue weighted by Gasteiger charge is -2.03. The lowest BCUT2D eigenvalue weighted by molar-refractivity contribution is 0.685. The van der Waals surface area contributed by atoms with Crippen LogP contribution >= 0.6 is 11.6 Å². The quantitative estimate of drug-likeness (QED) is 0.626. The molecule has 2 heterocycles. The first-order valence-corrected chi connectivity index (χ1v) is 7.00. The van der Waals surface area contributed by atoms with Gasteiger partial charge in [0.25, 0.3) is 0 Å². The van der Waals surface area contributed by atoms with Crippen LogP contribution in [0.5, 0.6) is 0 Å². The molecule has 0 N–H and O–H groups in total. The molecule has 1 atom stereocenters. The van der Waals surface area contributed by atoms with Gasteiger partial charge in [-0.2, -0.15) is 4.98 Å². The molecule has 90 valence electrons. The summed E-state index contributed by atoms with van der Waals surface area (Å²) >= 11 is 5.83. The maximum atomic E-state index is 11.8. The van der Waals surface area contributed by atoms with E-state index in [0.29, 0.717) is 22.9 Å². The highest BCUT2D eigenvalue weighted by molar-refractivity contribution is 7.85. The number of halogens is 1. The number of fused-ring (bicyclic) bond motifs is 1. The molecular weight excluding hydrogens is 258 g/mol. The summed E-state index contributed by atoms with van der Waals surface area (Å²) in [4.78, 5) is 13.1. The number of aryl methyl sites for hydroxylation is 1.